The van der Waals surface area contributed by atoms with Crippen LogP contribution in [0, 0.1) is 13.8 Å². The van der Waals surface area contributed by atoms with Crippen LogP contribution in [0.5, 0.6) is 17.2 Å². The standard InChI is InChI=1S/C17H22N2O3/c1-10-6-7-14(12(3)18-10)19-11(2)13-8-15(20)17(22-5)16(9-13)21-4/h6-9,11,19-20H,1-5H3. The zero-order valence-electron chi connectivity index (χ0n) is 13.6. The smallest absolute Gasteiger partial charge is 0.203 e. The average molecular weight is 302 g/mol. The largest absolute Gasteiger partial charge is 0.504 e. The van der Waals surface area contributed by atoms with Crippen LogP contribution < -0.4 is 14.8 Å². The molecule has 0 radical (unpaired) electrons. The Balaban J connectivity index is 2.29. The van der Waals surface area contributed by atoms with Crippen LogP contribution in [0.25, 0.3) is 0 Å². The number of pyridine rings is 1. The Morgan fingerprint density at radius 2 is 1.86 bits per heavy atom. The summed E-state index contributed by atoms with van der Waals surface area (Å²) in [5.41, 5.74) is 3.79. The van der Waals surface area contributed by atoms with Gasteiger partial charge in [0.1, 0.15) is 0 Å². The van der Waals surface area contributed by atoms with Crippen LogP contribution in [0.1, 0.15) is 29.9 Å². The van der Waals surface area contributed by atoms with Crippen molar-refractivity contribution >= 4 is 5.69 Å². The minimum absolute atomic E-state index is 0.0195. The molecule has 5 nitrogen and oxygen atoms in total. The summed E-state index contributed by atoms with van der Waals surface area (Å²) in [5.74, 6) is 0.904. The van der Waals surface area contributed by atoms with Gasteiger partial charge in [-0.05, 0) is 50.6 Å². The molecule has 0 bridgehead atoms. The van der Waals surface area contributed by atoms with Crippen molar-refractivity contribution in [1.29, 1.82) is 0 Å². The molecule has 1 atom stereocenters. The van der Waals surface area contributed by atoms with Gasteiger partial charge in [-0.2, -0.15) is 0 Å². The second kappa shape index (κ2) is 6.56. The van der Waals surface area contributed by atoms with Gasteiger partial charge in [0.25, 0.3) is 0 Å². The Hall–Kier alpha value is -2.43. The number of phenolic OH excluding ortho intramolecular Hbond substituents is 1. The van der Waals surface area contributed by atoms with Crippen molar-refractivity contribution in [3.63, 3.8) is 0 Å². The van der Waals surface area contributed by atoms with E-state index in [2.05, 4.69) is 10.3 Å². The summed E-state index contributed by atoms with van der Waals surface area (Å²) in [4.78, 5) is 4.44. The summed E-state index contributed by atoms with van der Waals surface area (Å²) in [7, 11) is 3.05. The molecule has 0 aliphatic carbocycles. The Kier molecular flexibility index (Phi) is 4.75. The molecule has 0 amide bonds. The molecule has 2 aromatic rings. The van der Waals surface area contributed by atoms with Gasteiger partial charge in [-0.25, -0.2) is 0 Å². The van der Waals surface area contributed by atoms with Gasteiger partial charge in [0, 0.05) is 11.7 Å². The maximum Gasteiger partial charge on any atom is 0.203 e. The van der Waals surface area contributed by atoms with E-state index in [1.165, 1.54) is 7.11 Å². The quantitative estimate of drug-likeness (QED) is 0.883. The molecule has 0 aliphatic rings. The fraction of sp³-hybridized carbons (Fsp3) is 0.353. The number of aromatic hydroxyl groups is 1. The first-order valence-electron chi connectivity index (χ1n) is 7.12. The normalized spacial score (nSPS) is 11.9. The molecule has 0 saturated carbocycles. The highest BCUT2D eigenvalue weighted by Gasteiger charge is 2.15. The first-order valence-corrected chi connectivity index (χ1v) is 7.12. The van der Waals surface area contributed by atoms with E-state index >= 15 is 0 Å². The molecular weight excluding hydrogens is 280 g/mol. The summed E-state index contributed by atoms with van der Waals surface area (Å²) in [6.07, 6.45) is 0. The van der Waals surface area contributed by atoms with E-state index in [4.69, 9.17) is 9.47 Å². The first-order chi connectivity index (χ1) is 10.5. The molecule has 22 heavy (non-hydrogen) atoms. The lowest BCUT2D eigenvalue weighted by atomic mass is 10.1. The van der Waals surface area contributed by atoms with Gasteiger partial charge in [0.05, 0.1) is 25.6 Å². The van der Waals surface area contributed by atoms with Crippen LogP contribution >= 0.6 is 0 Å². The summed E-state index contributed by atoms with van der Waals surface area (Å²) >= 11 is 0. The first kappa shape index (κ1) is 15.9. The molecule has 0 aliphatic heterocycles. The monoisotopic (exact) mass is 302 g/mol. The Labute approximate surface area is 130 Å². The van der Waals surface area contributed by atoms with Crippen LogP contribution in [0.15, 0.2) is 24.3 Å². The number of anilines is 1. The van der Waals surface area contributed by atoms with Gasteiger partial charge in [0.15, 0.2) is 11.5 Å². The Morgan fingerprint density at radius 3 is 2.45 bits per heavy atom. The number of ether oxygens (including phenoxy) is 2. The number of phenols is 1. The third-order valence-corrected chi connectivity index (χ3v) is 3.58. The van der Waals surface area contributed by atoms with Gasteiger partial charge >= 0.3 is 0 Å². The second-order valence-electron chi connectivity index (χ2n) is 5.23. The molecule has 5 heteroatoms. The number of aromatic nitrogens is 1. The number of rotatable bonds is 5. The van der Waals surface area contributed by atoms with Crippen LogP contribution in [-0.4, -0.2) is 24.3 Å². The van der Waals surface area contributed by atoms with Crippen molar-refractivity contribution in [3.8, 4) is 17.2 Å². The van der Waals surface area contributed by atoms with E-state index in [1.54, 1.807) is 13.2 Å². The molecule has 0 fully saturated rings. The minimum atomic E-state index is -0.0195. The highest BCUT2D eigenvalue weighted by atomic mass is 16.5. The molecule has 1 aromatic carbocycles. The maximum absolute atomic E-state index is 10.1. The number of hydrogen-bond acceptors (Lipinski definition) is 5. The number of benzene rings is 1. The number of aryl methyl sites for hydroxylation is 2. The van der Waals surface area contributed by atoms with Crippen LogP contribution in [0.2, 0.25) is 0 Å². The molecule has 1 unspecified atom stereocenters. The SMILES string of the molecule is COc1cc(C(C)Nc2ccc(C)nc2C)cc(O)c1OC. The molecule has 1 heterocycles. The molecule has 118 valence electrons. The predicted molar refractivity (Wildman–Crippen MR) is 87.0 cm³/mol. The lowest BCUT2D eigenvalue weighted by Crippen LogP contribution is -2.09. The number of nitrogens with one attached hydrogen (secondary N) is 1. The molecule has 1 aromatic heterocycles. The molecule has 0 spiro atoms. The van der Waals surface area contributed by atoms with E-state index < -0.39 is 0 Å². The lowest BCUT2D eigenvalue weighted by Gasteiger charge is -2.19. The maximum atomic E-state index is 10.1. The molecular formula is C17H22N2O3. The van der Waals surface area contributed by atoms with E-state index in [0.29, 0.717) is 11.5 Å². The molecule has 0 saturated heterocycles. The third-order valence-electron chi connectivity index (χ3n) is 3.58. The van der Waals surface area contributed by atoms with Crippen LogP contribution in [0.3, 0.4) is 0 Å². The number of methoxy groups -OCH3 is 2. The number of hydrogen-bond donors (Lipinski definition) is 2. The van der Waals surface area contributed by atoms with E-state index in [-0.39, 0.29) is 11.8 Å². The molecule has 2 N–H and O–H groups in total. The van der Waals surface area contributed by atoms with Crippen LogP contribution in [-0.2, 0) is 0 Å². The van der Waals surface area contributed by atoms with Crippen molar-refractivity contribution < 1.29 is 14.6 Å². The average Bonchev–Trinajstić information content (AvgIpc) is 2.49. The minimum Gasteiger partial charge on any atom is -0.504 e. The number of nitrogens with zero attached hydrogens (tertiary/aromatic N) is 1. The summed E-state index contributed by atoms with van der Waals surface area (Å²) in [5, 5.41) is 13.5. The van der Waals surface area contributed by atoms with Gasteiger partial charge in [0.2, 0.25) is 5.75 Å². The van der Waals surface area contributed by atoms with Crippen LogP contribution in [0.4, 0.5) is 5.69 Å². The van der Waals surface area contributed by atoms with Crippen molar-refractivity contribution in [2.75, 3.05) is 19.5 Å². The lowest BCUT2D eigenvalue weighted by molar-refractivity contribution is 0.332. The van der Waals surface area contributed by atoms with Gasteiger partial charge < -0.3 is 19.9 Å². The van der Waals surface area contributed by atoms with E-state index in [9.17, 15) is 5.11 Å². The highest BCUT2D eigenvalue weighted by molar-refractivity contribution is 5.56. The van der Waals surface area contributed by atoms with E-state index in [0.717, 1.165) is 22.6 Å². The fourth-order valence-corrected chi connectivity index (χ4v) is 2.37. The van der Waals surface area contributed by atoms with E-state index in [1.807, 2.05) is 39.0 Å². The van der Waals surface area contributed by atoms with Crippen molar-refractivity contribution in [2.45, 2.75) is 26.8 Å². The summed E-state index contributed by atoms with van der Waals surface area (Å²) in [6.45, 7) is 5.95. The Morgan fingerprint density at radius 1 is 1.14 bits per heavy atom. The van der Waals surface area contributed by atoms with Crippen molar-refractivity contribution in [3.05, 3.63) is 41.2 Å². The van der Waals surface area contributed by atoms with Gasteiger partial charge in [-0.1, -0.05) is 0 Å². The summed E-state index contributed by atoms with van der Waals surface area (Å²) in [6, 6.07) is 7.49. The van der Waals surface area contributed by atoms with Gasteiger partial charge in [-0.3, -0.25) is 4.98 Å². The summed E-state index contributed by atoms with van der Waals surface area (Å²) < 4.78 is 10.4. The van der Waals surface area contributed by atoms with Crippen molar-refractivity contribution in [2.24, 2.45) is 0 Å². The predicted octanol–water partition coefficient (Wildman–Crippen LogP) is 3.59. The Bertz CT molecular complexity index is 671. The fourth-order valence-electron chi connectivity index (χ4n) is 2.37. The van der Waals surface area contributed by atoms with Crippen molar-refractivity contribution in [1.82, 2.24) is 4.98 Å². The second-order valence-corrected chi connectivity index (χ2v) is 5.23. The third kappa shape index (κ3) is 3.24. The zero-order chi connectivity index (χ0) is 16.3. The molecule has 2 rings (SSSR count). The zero-order valence-corrected chi connectivity index (χ0v) is 13.6. The topological polar surface area (TPSA) is 63.6 Å². The highest BCUT2D eigenvalue weighted by Crippen LogP contribution is 2.39. The van der Waals surface area contributed by atoms with Gasteiger partial charge in [-0.15, -0.1) is 0 Å².